The van der Waals surface area contributed by atoms with Crippen LogP contribution >= 0.6 is 11.3 Å². The summed E-state index contributed by atoms with van der Waals surface area (Å²) in [6, 6.07) is 10.1. The molecule has 1 aliphatic heterocycles. The van der Waals surface area contributed by atoms with Crippen molar-refractivity contribution in [1.82, 2.24) is 15.6 Å². The number of amides is 1. The van der Waals surface area contributed by atoms with Gasteiger partial charge in [0.25, 0.3) is 0 Å². The van der Waals surface area contributed by atoms with Crippen LogP contribution in [0, 0.1) is 0 Å². The average molecular weight is 301 g/mol. The monoisotopic (exact) mass is 301 g/mol. The van der Waals surface area contributed by atoms with Gasteiger partial charge in [0, 0.05) is 11.6 Å². The van der Waals surface area contributed by atoms with Gasteiger partial charge in [-0.25, -0.2) is 4.98 Å². The largest absolute Gasteiger partial charge is 0.349 e. The molecule has 0 aliphatic carbocycles. The molecule has 0 radical (unpaired) electrons. The van der Waals surface area contributed by atoms with E-state index in [2.05, 4.69) is 27.8 Å². The van der Waals surface area contributed by atoms with Crippen molar-refractivity contribution >= 4 is 17.2 Å². The number of carbonyl (C=O) groups excluding carboxylic acids is 1. The van der Waals surface area contributed by atoms with Gasteiger partial charge in [0.1, 0.15) is 5.01 Å². The molecule has 0 spiro atoms. The van der Waals surface area contributed by atoms with Gasteiger partial charge < -0.3 is 10.6 Å². The Bertz CT molecular complexity index is 577. The number of benzene rings is 1. The molecule has 0 unspecified atom stereocenters. The standard InChI is InChI=1S/C16H19N3OS/c20-15(19-12-14-18-10-11-21-14)16(6-8-17-9-7-16)13-4-2-1-3-5-13/h1-5,10-11,17H,6-9,12H2,(H,19,20). The summed E-state index contributed by atoms with van der Waals surface area (Å²) in [6.45, 7) is 2.26. The van der Waals surface area contributed by atoms with Crippen LogP contribution in [0.25, 0.3) is 0 Å². The minimum absolute atomic E-state index is 0.116. The molecule has 4 nitrogen and oxygen atoms in total. The Hall–Kier alpha value is -1.72. The lowest BCUT2D eigenvalue weighted by Crippen LogP contribution is -2.50. The molecule has 2 N–H and O–H groups in total. The van der Waals surface area contributed by atoms with Crippen molar-refractivity contribution in [3.8, 4) is 0 Å². The van der Waals surface area contributed by atoms with E-state index in [1.54, 1.807) is 17.5 Å². The van der Waals surface area contributed by atoms with Gasteiger partial charge in [0.05, 0.1) is 12.0 Å². The van der Waals surface area contributed by atoms with E-state index in [0.29, 0.717) is 6.54 Å². The maximum absolute atomic E-state index is 12.9. The highest BCUT2D eigenvalue weighted by molar-refractivity contribution is 7.09. The van der Waals surface area contributed by atoms with E-state index < -0.39 is 5.41 Å². The summed E-state index contributed by atoms with van der Waals surface area (Å²) in [6.07, 6.45) is 3.44. The number of piperidine rings is 1. The number of nitrogens with zero attached hydrogens (tertiary/aromatic N) is 1. The molecule has 1 aromatic heterocycles. The molecule has 21 heavy (non-hydrogen) atoms. The second-order valence-corrected chi connectivity index (χ2v) is 6.29. The van der Waals surface area contributed by atoms with E-state index in [0.717, 1.165) is 36.5 Å². The molecule has 2 aromatic rings. The predicted molar refractivity (Wildman–Crippen MR) is 84.2 cm³/mol. The smallest absolute Gasteiger partial charge is 0.231 e. The number of nitrogens with one attached hydrogen (secondary N) is 2. The van der Waals surface area contributed by atoms with Crippen LogP contribution in [0.15, 0.2) is 41.9 Å². The molecular weight excluding hydrogens is 282 g/mol. The van der Waals surface area contributed by atoms with E-state index in [9.17, 15) is 4.79 Å². The summed E-state index contributed by atoms with van der Waals surface area (Å²) in [5.41, 5.74) is 0.701. The first-order chi connectivity index (χ1) is 10.3. The minimum Gasteiger partial charge on any atom is -0.349 e. The SMILES string of the molecule is O=C(NCc1nccs1)C1(c2ccccc2)CCNCC1. The second-order valence-electron chi connectivity index (χ2n) is 5.31. The highest BCUT2D eigenvalue weighted by Gasteiger charge is 2.40. The van der Waals surface area contributed by atoms with Crippen LogP contribution in [0.2, 0.25) is 0 Å². The molecule has 1 aliphatic rings. The molecule has 0 atom stereocenters. The number of hydrogen-bond acceptors (Lipinski definition) is 4. The van der Waals surface area contributed by atoms with Crippen molar-refractivity contribution in [3.05, 3.63) is 52.5 Å². The van der Waals surface area contributed by atoms with Gasteiger partial charge in [-0.3, -0.25) is 4.79 Å². The zero-order valence-electron chi connectivity index (χ0n) is 11.8. The van der Waals surface area contributed by atoms with Crippen LogP contribution in [0.1, 0.15) is 23.4 Å². The van der Waals surface area contributed by atoms with Crippen LogP contribution in [-0.2, 0) is 16.8 Å². The molecule has 3 rings (SSSR count). The molecule has 0 saturated carbocycles. The third kappa shape index (κ3) is 2.99. The van der Waals surface area contributed by atoms with Crippen LogP contribution in [-0.4, -0.2) is 24.0 Å². The third-order valence-electron chi connectivity index (χ3n) is 4.10. The lowest BCUT2D eigenvalue weighted by Gasteiger charge is -2.36. The first kappa shape index (κ1) is 14.2. The fourth-order valence-electron chi connectivity index (χ4n) is 2.92. The molecule has 1 amide bonds. The van der Waals surface area contributed by atoms with E-state index in [-0.39, 0.29) is 5.91 Å². The summed E-state index contributed by atoms with van der Waals surface area (Å²) in [4.78, 5) is 17.1. The van der Waals surface area contributed by atoms with Gasteiger partial charge in [-0.1, -0.05) is 30.3 Å². The van der Waals surface area contributed by atoms with Gasteiger partial charge in [-0.15, -0.1) is 11.3 Å². The minimum atomic E-state index is -0.413. The first-order valence-corrected chi connectivity index (χ1v) is 8.12. The van der Waals surface area contributed by atoms with Crippen molar-refractivity contribution in [2.45, 2.75) is 24.8 Å². The Morgan fingerprint density at radius 1 is 1.29 bits per heavy atom. The topological polar surface area (TPSA) is 54.0 Å². The number of rotatable bonds is 4. The van der Waals surface area contributed by atoms with Crippen molar-refractivity contribution in [2.75, 3.05) is 13.1 Å². The Labute approximate surface area is 128 Å². The predicted octanol–water partition coefficient (Wildman–Crippen LogP) is 2.08. The Morgan fingerprint density at radius 2 is 2.05 bits per heavy atom. The number of hydrogen-bond donors (Lipinski definition) is 2. The fraction of sp³-hybridized carbons (Fsp3) is 0.375. The molecule has 0 bridgehead atoms. The van der Waals surface area contributed by atoms with E-state index in [1.807, 2.05) is 23.6 Å². The summed E-state index contributed by atoms with van der Waals surface area (Å²) in [5.74, 6) is 0.116. The molecule has 1 aromatic carbocycles. The van der Waals surface area contributed by atoms with Gasteiger partial charge in [0.15, 0.2) is 0 Å². The molecular formula is C16H19N3OS. The lowest BCUT2D eigenvalue weighted by atomic mass is 9.72. The zero-order valence-corrected chi connectivity index (χ0v) is 12.7. The van der Waals surface area contributed by atoms with Crippen LogP contribution in [0.5, 0.6) is 0 Å². The van der Waals surface area contributed by atoms with Crippen LogP contribution < -0.4 is 10.6 Å². The van der Waals surface area contributed by atoms with Crippen LogP contribution in [0.4, 0.5) is 0 Å². The summed E-state index contributed by atoms with van der Waals surface area (Å²) in [7, 11) is 0. The van der Waals surface area contributed by atoms with Gasteiger partial charge in [0.2, 0.25) is 5.91 Å². The van der Waals surface area contributed by atoms with Gasteiger partial charge >= 0.3 is 0 Å². The van der Waals surface area contributed by atoms with Crippen molar-refractivity contribution in [1.29, 1.82) is 0 Å². The Balaban J connectivity index is 1.80. The van der Waals surface area contributed by atoms with E-state index >= 15 is 0 Å². The number of aromatic nitrogens is 1. The van der Waals surface area contributed by atoms with E-state index in [1.165, 1.54) is 0 Å². The molecule has 1 saturated heterocycles. The summed E-state index contributed by atoms with van der Waals surface area (Å²) in [5, 5.41) is 9.29. The Morgan fingerprint density at radius 3 is 2.71 bits per heavy atom. The molecule has 2 heterocycles. The summed E-state index contributed by atoms with van der Waals surface area (Å²) < 4.78 is 0. The van der Waals surface area contributed by atoms with Crippen molar-refractivity contribution in [2.24, 2.45) is 0 Å². The third-order valence-corrected chi connectivity index (χ3v) is 4.88. The quantitative estimate of drug-likeness (QED) is 0.909. The van der Waals surface area contributed by atoms with E-state index in [4.69, 9.17) is 0 Å². The lowest BCUT2D eigenvalue weighted by molar-refractivity contribution is -0.128. The highest BCUT2D eigenvalue weighted by Crippen LogP contribution is 2.33. The van der Waals surface area contributed by atoms with Gasteiger partial charge in [-0.05, 0) is 31.5 Å². The van der Waals surface area contributed by atoms with Crippen molar-refractivity contribution in [3.63, 3.8) is 0 Å². The first-order valence-electron chi connectivity index (χ1n) is 7.24. The number of carbonyl (C=O) groups is 1. The maximum atomic E-state index is 12.9. The normalized spacial score (nSPS) is 17.3. The maximum Gasteiger partial charge on any atom is 0.231 e. The summed E-state index contributed by atoms with van der Waals surface area (Å²) >= 11 is 1.57. The van der Waals surface area contributed by atoms with Crippen LogP contribution in [0.3, 0.4) is 0 Å². The van der Waals surface area contributed by atoms with Crippen molar-refractivity contribution < 1.29 is 4.79 Å². The number of thiazole rings is 1. The molecule has 1 fully saturated rings. The molecule has 110 valence electrons. The van der Waals surface area contributed by atoms with Gasteiger partial charge in [-0.2, -0.15) is 0 Å². The molecule has 5 heteroatoms. The highest BCUT2D eigenvalue weighted by atomic mass is 32.1. The Kier molecular flexibility index (Phi) is 4.31. The second kappa shape index (κ2) is 6.37. The fourth-order valence-corrected chi connectivity index (χ4v) is 3.48. The average Bonchev–Trinajstić information content (AvgIpc) is 3.07. The zero-order chi connectivity index (χ0) is 14.5.